The third-order valence-electron chi connectivity index (χ3n) is 9.36. The van der Waals surface area contributed by atoms with E-state index in [1.165, 1.54) is 25.0 Å². The fourth-order valence-corrected chi connectivity index (χ4v) is 8.47. The van der Waals surface area contributed by atoms with Gasteiger partial charge in [-0.1, -0.05) is 84.4 Å². The van der Waals surface area contributed by atoms with Crippen molar-refractivity contribution in [3.63, 3.8) is 0 Å². The first-order valence-electron chi connectivity index (χ1n) is 16.1. The molecule has 0 aromatic heterocycles. The number of piperidine rings is 2. The molecule has 0 bridgehead atoms. The maximum atomic E-state index is 13.1. The van der Waals surface area contributed by atoms with Crippen LogP contribution in [0.2, 0.25) is 15.1 Å². The van der Waals surface area contributed by atoms with Crippen LogP contribution in [-0.4, -0.2) is 62.5 Å². The van der Waals surface area contributed by atoms with Gasteiger partial charge >= 0.3 is 5.97 Å². The number of sulfonamides is 1. The molecular formula is C35H40Cl3N3O5S. The van der Waals surface area contributed by atoms with Gasteiger partial charge in [0, 0.05) is 31.7 Å². The van der Waals surface area contributed by atoms with Crippen molar-refractivity contribution in [1.82, 2.24) is 9.62 Å². The Morgan fingerprint density at radius 3 is 2.04 bits per heavy atom. The van der Waals surface area contributed by atoms with Crippen LogP contribution in [0.1, 0.15) is 60.9 Å². The maximum absolute atomic E-state index is 13.1. The highest BCUT2D eigenvalue weighted by Crippen LogP contribution is 2.34. The molecular weight excluding hydrogens is 681 g/mol. The van der Waals surface area contributed by atoms with Crippen LogP contribution in [0.4, 0.5) is 5.69 Å². The number of benzene rings is 3. The second kappa shape index (κ2) is 16.1. The summed E-state index contributed by atoms with van der Waals surface area (Å²) in [5.41, 5.74) is 2.08. The SMILES string of the molecule is O=C(O)C(Cc1ccccc1)NS(=O)(=O)c1ccc(N2CCC(CCCC3CCN(C(=O)c4ccc(Cl)c(Cl)c4)CC3)CC2)c(Cl)c1. The van der Waals surface area contributed by atoms with Gasteiger partial charge in [-0.2, -0.15) is 4.72 Å². The predicted molar refractivity (Wildman–Crippen MR) is 187 cm³/mol. The first-order chi connectivity index (χ1) is 22.5. The lowest BCUT2D eigenvalue weighted by Crippen LogP contribution is -2.42. The van der Waals surface area contributed by atoms with Gasteiger partial charge in [0.1, 0.15) is 6.04 Å². The number of aliphatic carboxylic acids is 1. The molecule has 252 valence electrons. The van der Waals surface area contributed by atoms with E-state index in [-0.39, 0.29) is 17.2 Å². The highest BCUT2D eigenvalue weighted by molar-refractivity contribution is 7.89. The number of anilines is 1. The number of carbonyl (C=O) groups is 2. The standard InChI is InChI=1S/C35H40Cl3N3O5S/c36-29-11-9-27(22-30(29)37)34(42)41-19-15-25(16-20-41)8-4-7-24-13-17-40(18-14-24)33-12-10-28(23-31(33)38)47(45,46)39-32(35(43)44)21-26-5-2-1-3-6-26/h1-3,5-6,9-12,22-25,32,39H,4,7-8,13-21H2,(H,43,44). The van der Waals surface area contributed by atoms with E-state index in [4.69, 9.17) is 34.8 Å². The van der Waals surface area contributed by atoms with Gasteiger partial charge in [0.25, 0.3) is 5.91 Å². The minimum absolute atomic E-state index is 0.00692. The zero-order valence-electron chi connectivity index (χ0n) is 26.1. The van der Waals surface area contributed by atoms with Crippen molar-refractivity contribution in [2.24, 2.45) is 11.8 Å². The zero-order chi connectivity index (χ0) is 33.6. The summed E-state index contributed by atoms with van der Waals surface area (Å²) in [4.78, 5) is 28.7. The Labute approximate surface area is 292 Å². The molecule has 0 saturated carbocycles. The number of hydrogen-bond donors (Lipinski definition) is 2. The van der Waals surface area contributed by atoms with E-state index in [0.29, 0.717) is 32.5 Å². The van der Waals surface area contributed by atoms with Crippen LogP contribution in [0, 0.1) is 11.8 Å². The molecule has 2 fully saturated rings. The zero-order valence-corrected chi connectivity index (χ0v) is 29.2. The van der Waals surface area contributed by atoms with Crippen molar-refractivity contribution in [1.29, 1.82) is 0 Å². The molecule has 2 N–H and O–H groups in total. The average Bonchev–Trinajstić information content (AvgIpc) is 3.06. The van der Waals surface area contributed by atoms with Crippen molar-refractivity contribution < 1.29 is 23.1 Å². The third-order valence-corrected chi connectivity index (χ3v) is 11.9. The van der Waals surface area contributed by atoms with Gasteiger partial charge in [-0.15, -0.1) is 0 Å². The van der Waals surface area contributed by atoms with Gasteiger partial charge in [0.05, 0.1) is 25.7 Å². The summed E-state index contributed by atoms with van der Waals surface area (Å²) < 4.78 is 28.5. The number of likely N-dealkylation sites (tertiary alicyclic amines) is 1. The Balaban J connectivity index is 1.05. The molecule has 8 nitrogen and oxygen atoms in total. The van der Waals surface area contributed by atoms with Gasteiger partial charge < -0.3 is 14.9 Å². The molecule has 0 radical (unpaired) electrons. The molecule has 1 atom stereocenters. The molecule has 47 heavy (non-hydrogen) atoms. The van der Waals surface area contributed by atoms with E-state index in [1.807, 2.05) is 11.0 Å². The summed E-state index contributed by atoms with van der Waals surface area (Å²) in [6, 6.07) is 17.2. The second-order valence-electron chi connectivity index (χ2n) is 12.5. The van der Waals surface area contributed by atoms with Crippen LogP contribution in [0.25, 0.3) is 0 Å². The summed E-state index contributed by atoms with van der Waals surface area (Å²) in [5.74, 6) is 0.0108. The Morgan fingerprint density at radius 1 is 0.809 bits per heavy atom. The van der Waals surface area contributed by atoms with Crippen LogP contribution in [0.15, 0.2) is 71.6 Å². The topological polar surface area (TPSA) is 107 Å². The fourth-order valence-electron chi connectivity index (χ4n) is 6.59. The highest BCUT2D eigenvalue weighted by Gasteiger charge is 2.28. The number of nitrogens with zero attached hydrogens (tertiary/aromatic N) is 2. The number of carboxylic acids is 1. The van der Waals surface area contributed by atoms with Gasteiger partial charge in [-0.05, 0) is 85.9 Å². The summed E-state index contributed by atoms with van der Waals surface area (Å²) in [6.45, 7) is 3.18. The van der Waals surface area contributed by atoms with Crippen LogP contribution in [-0.2, 0) is 21.2 Å². The van der Waals surface area contributed by atoms with Gasteiger partial charge in [-0.25, -0.2) is 8.42 Å². The highest BCUT2D eigenvalue weighted by atomic mass is 35.5. The maximum Gasteiger partial charge on any atom is 0.322 e. The smallest absolute Gasteiger partial charge is 0.322 e. The summed E-state index contributed by atoms with van der Waals surface area (Å²) in [7, 11) is -4.11. The molecule has 0 aliphatic carbocycles. The molecule has 5 rings (SSSR count). The monoisotopic (exact) mass is 719 g/mol. The molecule has 1 unspecified atom stereocenters. The first-order valence-corrected chi connectivity index (χ1v) is 18.7. The Hall–Kier alpha value is -2.82. The molecule has 2 saturated heterocycles. The number of amides is 1. The number of carbonyl (C=O) groups excluding carboxylic acids is 1. The largest absolute Gasteiger partial charge is 0.480 e. The van der Waals surface area contributed by atoms with E-state index >= 15 is 0 Å². The normalized spacial score (nSPS) is 17.1. The molecule has 1 amide bonds. The molecule has 3 aromatic carbocycles. The molecule has 12 heteroatoms. The lowest BCUT2D eigenvalue weighted by atomic mass is 9.86. The first kappa shape index (κ1) is 35.5. The minimum atomic E-state index is -4.11. The lowest BCUT2D eigenvalue weighted by molar-refractivity contribution is -0.138. The molecule has 2 aliphatic heterocycles. The average molecular weight is 721 g/mol. The fraction of sp³-hybridized carbons (Fsp3) is 0.429. The van der Waals surface area contributed by atoms with Gasteiger partial charge in [0.15, 0.2) is 0 Å². The number of rotatable bonds is 12. The summed E-state index contributed by atoms with van der Waals surface area (Å²) >= 11 is 18.7. The number of hydrogen-bond acceptors (Lipinski definition) is 5. The van der Waals surface area contributed by atoms with Crippen LogP contribution in [0.5, 0.6) is 0 Å². The van der Waals surface area contributed by atoms with Crippen molar-refractivity contribution in [2.75, 3.05) is 31.1 Å². The van der Waals surface area contributed by atoms with E-state index < -0.39 is 22.0 Å². The Bertz CT molecular complexity index is 1660. The van der Waals surface area contributed by atoms with Crippen LogP contribution >= 0.6 is 34.8 Å². The van der Waals surface area contributed by atoms with Crippen molar-refractivity contribution in [2.45, 2.75) is 62.3 Å². The molecule has 2 heterocycles. The van der Waals surface area contributed by atoms with Gasteiger partial charge in [-0.3, -0.25) is 9.59 Å². The number of nitrogens with one attached hydrogen (secondary N) is 1. The Morgan fingerprint density at radius 2 is 1.45 bits per heavy atom. The van der Waals surface area contributed by atoms with E-state index in [2.05, 4.69) is 9.62 Å². The second-order valence-corrected chi connectivity index (χ2v) is 15.5. The minimum Gasteiger partial charge on any atom is -0.480 e. The van der Waals surface area contributed by atoms with E-state index in [9.17, 15) is 23.1 Å². The molecule has 0 spiro atoms. The van der Waals surface area contributed by atoms with E-state index in [0.717, 1.165) is 69.5 Å². The van der Waals surface area contributed by atoms with Crippen molar-refractivity contribution in [3.05, 3.63) is 92.9 Å². The summed E-state index contributed by atoms with van der Waals surface area (Å²) in [6.07, 6.45) is 7.61. The van der Waals surface area contributed by atoms with Crippen LogP contribution in [0.3, 0.4) is 0 Å². The summed E-state index contributed by atoms with van der Waals surface area (Å²) in [5, 5.41) is 10.8. The van der Waals surface area contributed by atoms with Crippen molar-refractivity contribution >= 4 is 62.4 Å². The number of halogens is 3. The lowest BCUT2D eigenvalue weighted by Gasteiger charge is -2.35. The van der Waals surface area contributed by atoms with Gasteiger partial charge in [0.2, 0.25) is 10.0 Å². The van der Waals surface area contributed by atoms with Crippen molar-refractivity contribution in [3.8, 4) is 0 Å². The quantitative estimate of drug-likeness (QED) is 0.200. The molecule has 3 aromatic rings. The van der Waals surface area contributed by atoms with E-state index in [1.54, 1.807) is 48.5 Å². The Kier molecular flexibility index (Phi) is 12.1. The van der Waals surface area contributed by atoms with Crippen LogP contribution < -0.4 is 9.62 Å². The predicted octanol–water partition coefficient (Wildman–Crippen LogP) is 7.56. The third kappa shape index (κ3) is 9.42. The molecule has 2 aliphatic rings. The number of carboxylic acid groups (broad SMARTS) is 1.